The van der Waals surface area contributed by atoms with Gasteiger partial charge in [-0.3, -0.25) is 9.59 Å². The van der Waals surface area contributed by atoms with Gasteiger partial charge in [0.15, 0.2) is 17.3 Å². The van der Waals surface area contributed by atoms with Gasteiger partial charge in [-0.1, -0.05) is 12.5 Å². The Morgan fingerprint density at radius 2 is 1.67 bits per heavy atom. The summed E-state index contributed by atoms with van der Waals surface area (Å²) in [5.41, 5.74) is 1.23. The number of hydrogen-bond acceptors (Lipinski definition) is 8. The number of nitrogens with zero attached hydrogens (tertiary/aromatic N) is 3. The average Bonchev–Trinajstić information content (AvgIpc) is 3.35. The van der Waals surface area contributed by atoms with Gasteiger partial charge in [0.25, 0.3) is 5.91 Å². The molecule has 0 saturated heterocycles. The Morgan fingerprint density at radius 1 is 0.944 bits per heavy atom. The Labute approximate surface area is 209 Å². The molecule has 0 atom stereocenters. The second kappa shape index (κ2) is 12.4. The normalized spacial score (nSPS) is 10.6. The molecule has 0 aliphatic rings. The van der Waals surface area contributed by atoms with Crippen molar-refractivity contribution < 1.29 is 33.6 Å². The van der Waals surface area contributed by atoms with E-state index in [0.717, 1.165) is 0 Å². The maximum Gasteiger partial charge on any atom is 0.303 e. The Bertz CT molecular complexity index is 1180. The van der Waals surface area contributed by atoms with Gasteiger partial charge in [0.05, 0.1) is 34.1 Å². The van der Waals surface area contributed by atoms with Gasteiger partial charge in [-0.2, -0.15) is 0 Å². The molecule has 3 rings (SSSR count). The molecule has 1 aromatic heterocycles. The summed E-state index contributed by atoms with van der Waals surface area (Å²) in [5.74, 6) is 0.998. The molecule has 0 bridgehead atoms. The first kappa shape index (κ1) is 26.3. The highest BCUT2D eigenvalue weighted by Gasteiger charge is 2.22. The number of hydrogen-bond donors (Lipinski definition) is 2. The van der Waals surface area contributed by atoms with Crippen molar-refractivity contribution in [1.82, 2.24) is 20.1 Å². The minimum absolute atomic E-state index is 0.0212. The molecule has 2 N–H and O–H groups in total. The Kier molecular flexibility index (Phi) is 9.09. The largest absolute Gasteiger partial charge is 0.497 e. The number of carbonyl (C=O) groups is 2. The molecule has 11 heteroatoms. The van der Waals surface area contributed by atoms with E-state index in [1.54, 1.807) is 36.1 Å². The lowest BCUT2D eigenvalue weighted by Gasteiger charge is -2.14. The number of aliphatic carboxylic acids is 1. The molecule has 0 unspecified atom stereocenters. The fourth-order valence-corrected chi connectivity index (χ4v) is 3.59. The highest BCUT2D eigenvalue weighted by Crippen LogP contribution is 2.41. The van der Waals surface area contributed by atoms with E-state index in [-0.39, 0.29) is 12.2 Å². The van der Waals surface area contributed by atoms with Crippen LogP contribution in [0.2, 0.25) is 0 Å². The van der Waals surface area contributed by atoms with Crippen molar-refractivity contribution in [1.29, 1.82) is 0 Å². The molecular weight excluding hydrogens is 468 g/mol. The Hall–Kier alpha value is -4.28. The number of rotatable bonds is 13. The molecule has 0 saturated carbocycles. The smallest absolute Gasteiger partial charge is 0.303 e. The van der Waals surface area contributed by atoms with Gasteiger partial charge in [-0.25, -0.2) is 9.67 Å². The van der Waals surface area contributed by atoms with Gasteiger partial charge in [0.1, 0.15) is 5.75 Å². The zero-order valence-electron chi connectivity index (χ0n) is 20.7. The number of unbranched alkanes of at least 4 members (excludes halogenated alkanes) is 2. The minimum Gasteiger partial charge on any atom is -0.497 e. The van der Waals surface area contributed by atoms with E-state index in [0.29, 0.717) is 65.9 Å². The molecule has 0 radical (unpaired) electrons. The summed E-state index contributed by atoms with van der Waals surface area (Å²) in [6.45, 7) is 0.381. The lowest BCUT2D eigenvalue weighted by Crippen LogP contribution is -2.25. The van der Waals surface area contributed by atoms with E-state index in [9.17, 15) is 9.59 Å². The summed E-state index contributed by atoms with van der Waals surface area (Å²) < 4.78 is 23.3. The molecule has 0 fully saturated rings. The zero-order chi connectivity index (χ0) is 26.1. The number of ether oxygens (including phenoxy) is 4. The first-order valence-electron chi connectivity index (χ1n) is 11.3. The zero-order valence-corrected chi connectivity index (χ0v) is 20.7. The van der Waals surface area contributed by atoms with E-state index in [1.165, 1.54) is 21.3 Å². The number of amides is 1. The first-order valence-corrected chi connectivity index (χ1v) is 11.3. The number of carboxylic acids is 1. The number of aromatic nitrogens is 3. The van der Waals surface area contributed by atoms with Crippen LogP contribution in [-0.2, 0) is 4.79 Å². The van der Waals surface area contributed by atoms with Crippen molar-refractivity contribution in [2.45, 2.75) is 25.7 Å². The van der Waals surface area contributed by atoms with E-state index in [1.807, 2.05) is 12.1 Å². The predicted octanol–water partition coefficient (Wildman–Crippen LogP) is 3.34. The average molecular weight is 499 g/mol. The molecule has 0 aliphatic heterocycles. The van der Waals surface area contributed by atoms with Gasteiger partial charge < -0.3 is 29.4 Å². The number of methoxy groups -OCH3 is 4. The third-order valence-corrected chi connectivity index (χ3v) is 5.38. The van der Waals surface area contributed by atoms with Crippen molar-refractivity contribution in [2.24, 2.45) is 0 Å². The molecular formula is C25H30N4O7. The van der Waals surface area contributed by atoms with Crippen LogP contribution >= 0.6 is 0 Å². The van der Waals surface area contributed by atoms with Crippen molar-refractivity contribution in [3.05, 3.63) is 42.2 Å². The molecule has 192 valence electrons. The predicted molar refractivity (Wildman–Crippen MR) is 131 cm³/mol. The summed E-state index contributed by atoms with van der Waals surface area (Å²) in [5, 5.41) is 16.0. The fraction of sp³-hybridized carbons (Fsp3) is 0.360. The van der Waals surface area contributed by atoms with Gasteiger partial charge in [0, 0.05) is 24.6 Å². The SMILES string of the molecule is COc1cccc(-n2nc(C(=O)NCCCCCC(=O)O)nc2-c2cc(OC)c(OC)c(OC)c2)c1. The first-order chi connectivity index (χ1) is 17.4. The van der Waals surface area contributed by atoms with E-state index < -0.39 is 11.9 Å². The molecule has 36 heavy (non-hydrogen) atoms. The lowest BCUT2D eigenvalue weighted by molar-refractivity contribution is -0.137. The second-order valence-electron chi connectivity index (χ2n) is 7.75. The Morgan fingerprint density at radius 3 is 2.28 bits per heavy atom. The van der Waals surface area contributed by atoms with Crippen LogP contribution in [0.25, 0.3) is 17.1 Å². The van der Waals surface area contributed by atoms with Crippen LogP contribution in [0.3, 0.4) is 0 Å². The van der Waals surface area contributed by atoms with Gasteiger partial charge in [-0.15, -0.1) is 5.10 Å². The van der Waals surface area contributed by atoms with Gasteiger partial charge in [-0.05, 0) is 37.1 Å². The van der Waals surface area contributed by atoms with Crippen molar-refractivity contribution in [3.8, 4) is 40.1 Å². The quantitative estimate of drug-likeness (QED) is 0.340. The number of carbonyl (C=O) groups excluding carboxylic acids is 1. The van der Waals surface area contributed by atoms with E-state index in [2.05, 4.69) is 15.4 Å². The minimum atomic E-state index is -0.828. The van der Waals surface area contributed by atoms with Gasteiger partial charge >= 0.3 is 5.97 Å². The van der Waals surface area contributed by atoms with Crippen LogP contribution in [0.5, 0.6) is 23.0 Å². The van der Waals surface area contributed by atoms with Crippen LogP contribution in [-0.4, -0.2) is 66.7 Å². The number of carboxylic acid groups (broad SMARTS) is 1. The number of nitrogens with one attached hydrogen (secondary N) is 1. The monoisotopic (exact) mass is 498 g/mol. The maximum absolute atomic E-state index is 12.8. The standard InChI is InChI=1S/C25H30N4O7/c1-33-18-10-8-9-17(15-18)29-24(16-13-19(34-2)22(36-4)20(14-16)35-3)27-23(28-29)25(32)26-12-7-5-6-11-21(30)31/h8-10,13-15H,5-7,11-12H2,1-4H3,(H,26,32)(H,30,31). The fourth-order valence-electron chi connectivity index (χ4n) is 3.59. The maximum atomic E-state index is 12.8. The molecule has 11 nitrogen and oxygen atoms in total. The summed E-state index contributed by atoms with van der Waals surface area (Å²) in [7, 11) is 6.12. The molecule has 3 aromatic rings. The highest BCUT2D eigenvalue weighted by atomic mass is 16.5. The lowest BCUT2D eigenvalue weighted by atomic mass is 10.1. The van der Waals surface area contributed by atoms with Crippen LogP contribution in [0.4, 0.5) is 0 Å². The summed E-state index contributed by atoms with van der Waals surface area (Å²) in [6.07, 6.45) is 2.00. The highest BCUT2D eigenvalue weighted by molar-refractivity contribution is 5.91. The van der Waals surface area contributed by atoms with Crippen LogP contribution < -0.4 is 24.3 Å². The van der Waals surface area contributed by atoms with E-state index in [4.69, 9.17) is 24.1 Å². The number of benzene rings is 2. The van der Waals surface area contributed by atoms with E-state index >= 15 is 0 Å². The van der Waals surface area contributed by atoms with Crippen LogP contribution in [0, 0.1) is 0 Å². The molecule has 2 aromatic carbocycles. The third kappa shape index (κ3) is 6.23. The molecule has 0 aliphatic carbocycles. The molecule has 1 amide bonds. The van der Waals surface area contributed by atoms with Crippen LogP contribution in [0.1, 0.15) is 36.3 Å². The second-order valence-corrected chi connectivity index (χ2v) is 7.75. The van der Waals surface area contributed by atoms with Crippen molar-refractivity contribution >= 4 is 11.9 Å². The topological polar surface area (TPSA) is 134 Å². The summed E-state index contributed by atoms with van der Waals surface area (Å²) in [6, 6.07) is 10.7. The summed E-state index contributed by atoms with van der Waals surface area (Å²) >= 11 is 0. The summed E-state index contributed by atoms with van der Waals surface area (Å²) in [4.78, 5) is 28.0. The van der Waals surface area contributed by atoms with Crippen LogP contribution in [0.15, 0.2) is 36.4 Å². The van der Waals surface area contributed by atoms with Gasteiger partial charge in [0.2, 0.25) is 11.6 Å². The molecule has 1 heterocycles. The van der Waals surface area contributed by atoms with Crippen molar-refractivity contribution in [3.63, 3.8) is 0 Å². The Balaban J connectivity index is 1.96. The molecule has 0 spiro atoms. The van der Waals surface area contributed by atoms with Crippen molar-refractivity contribution in [2.75, 3.05) is 35.0 Å². The third-order valence-electron chi connectivity index (χ3n) is 5.38.